The van der Waals surface area contributed by atoms with Crippen LogP contribution in [0.15, 0.2) is 0 Å². The Morgan fingerprint density at radius 2 is 2.00 bits per heavy atom. The van der Waals surface area contributed by atoms with E-state index in [4.69, 9.17) is 5.73 Å². The van der Waals surface area contributed by atoms with E-state index in [1.54, 1.807) is 0 Å². The van der Waals surface area contributed by atoms with Crippen molar-refractivity contribution >= 4 is 9.84 Å². The van der Waals surface area contributed by atoms with Gasteiger partial charge in [0.25, 0.3) is 0 Å². The molecule has 0 aromatic heterocycles. The fourth-order valence-corrected chi connectivity index (χ4v) is 1.16. The van der Waals surface area contributed by atoms with Gasteiger partial charge in [-0.15, -0.1) is 0 Å². The lowest BCUT2D eigenvalue weighted by Crippen LogP contribution is -2.28. The first-order chi connectivity index (χ1) is 3.98. The summed E-state index contributed by atoms with van der Waals surface area (Å²) in [5.74, 6) is 0. The highest BCUT2D eigenvalue weighted by Crippen LogP contribution is 1.99. The van der Waals surface area contributed by atoms with E-state index in [1.165, 1.54) is 0 Å². The first-order valence-electron chi connectivity index (χ1n) is 2.93. The molecule has 2 N–H and O–H groups in total. The molecule has 0 bridgehead atoms. The minimum Gasteiger partial charge on any atom is -0.315 e. The minimum atomic E-state index is -2.99. The van der Waals surface area contributed by atoms with Crippen molar-refractivity contribution in [2.45, 2.75) is 25.1 Å². The molecule has 0 aromatic carbocycles. The molecular formula is C5H13NO2S. The maximum Gasteiger partial charge on any atom is 0.163 e. The van der Waals surface area contributed by atoms with Crippen LogP contribution in [-0.2, 0) is 9.84 Å². The molecule has 0 heterocycles. The second-order valence-corrected chi connectivity index (χ2v) is 4.42. The molecule has 0 aliphatic rings. The Balaban J connectivity index is 3.90. The minimum absolute atomic E-state index is 0.554. The van der Waals surface area contributed by atoms with Gasteiger partial charge in [0, 0.05) is 6.26 Å². The van der Waals surface area contributed by atoms with E-state index in [2.05, 4.69) is 0 Å². The summed E-state index contributed by atoms with van der Waals surface area (Å²) in [5, 5.41) is -0.664. The average Bonchev–Trinajstić information content (AvgIpc) is 1.64. The smallest absolute Gasteiger partial charge is 0.163 e. The Morgan fingerprint density at radius 3 is 2.11 bits per heavy atom. The Morgan fingerprint density at radius 1 is 1.56 bits per heavy atom. The topological polar surface area (TPSA) is 60.2 Å². The van der Waals surface area contributed by atoms with Crippen molar-refractivity contribution in [1.82, 2.24) is 0 Å². The highest BCUT2D eigenvalue weighted by Gasteiger charge is 2.12. The molecule has 4 heteroatoms. The van der Waals surface area contributed by atoms with E-state index in [0.717, 1.165) is 12.7 Å². The largest absolute Gasteiger partial charge is 0.315 e. The van der Waals surface area contributed by atoms with E-state index in [-0.39, 0.29) is 0 Å². The number of hydrogen-bond acceptors (Lipinski definition) is 3. The van der Waals surface area contributed by atoms with Gasteiger partial charge in [-0.25, -0.2) is 8.42 Å². The Bertz CT molecular complexity index is 162. The number of nitrogens with two attached hydrogens (primary N) is 1. The molecule has 0 fully saturated rings. The highest BCUT2D eigenvalue weighted by atomic mass is 32.2. The molecule has 0 saturated carbocycles. The molecule has 1 atom stereocenters. The van der Waals surface area contributed by atoms with Gasteiger partial charge < -0.3 is 5.73 Å². The summed E-state index contributed by atoms with van der Waals surface area (Å²) in [7, 11) is -2.99. The number of rotatable bonds is 3. The van der Waals surface area contributed by atoms with Crippen LogP contribution in [0.1, 0.15) is 19.8 Å². The quantitative estimate of drug-likeness (QED) is 0.623. The molecule has 56 valence electrons. The van der Waals surface area contributed by atoms with Crippen LogP contribution >= 0.6 is 0 Å². The van der Waals surface area contributed by atoms with Crippen LogP contribution in [0.2, 0.25) is 0 Å². The van der Waals surface area contributed by atoms with Crippen molar-refractivity contribution in [3.05, 3.63) is 0 Å². The van der Waals surface area contributed by atoms with Crippen LogP contribution < -0.4 is 5.73 Å². The van der Waals surface area contributed by atoms with Crippen LogP contribution in [0.3, 0.4) is 0 Å². The second kappa shape index (κ2) is 3.17. The van der Waals surface area contributed by atoms with E-state index < -0.39 is 15.2 Å². The zero-order valence-electron chi connectivity index (χ0n) is 5.79. The third-order valence-corrected chi connectivity index (χ3v) is 2.46. The van der Waals surface area contributed by atoms with Crippen molar-refractivity contribution in [2.75, 3.05) is 6.26 Å². The third-order valence-electron chi connectivity index (χ3n) is 1.12. The molecule has 1 unspecified atom stereocenters. The molecule has 9 heavy (non-hydrogen) atoms. The van der Waals surface area contributed by atoms with Crippen LogP contribution in [-0.4, -0.2) is 20.0 Å². The van der Waals surface area contributed by atoms with Gasteiger partial charge >= 0.3 is 0 Å². The van der Waals surface area contributed by atoms with E-state index in [1.807, 2.05) is 6.92 Å². The third kappa shape index (κ3) is 3.48. The van der Waals surface area contributed by atoms with Crippen molar-refractivity contribution in [2.24, 2.45) is 5.73 Å². The highest BCUT2D eigenvalue weighted by molar-refractivity contribution is 7.91. The zero-order chi connectivity index (χ0) is 7.49. The normalized spacial score (nSPS) is 15.4. The van der Waals surface area contributed by atoms with Crippen molar-refractivity contribution in [1.29, 1.82) is 0 Å². The van der Waals surface area contributed by atoms with Crippen LogP contribution in [0.25, 0.3) is 0 Å². The van der Waals surface area contributed by atoms with Gasteiger partial charge in [0.15, 0.2) is 9.84 Å². The SMILES string of the molecule is CCCC(N)S(C)(=O)=O. The summed E-state index contributed by atoms with van der Waals surface area (Å²) < 4.78 is 21.2. The molecule has 0 rings (SSSR count). The molecule has 0 spiro atoms. The van der Waals surface area contributed by atoms with Gasteiger partial charge in [0.2, 0.25) is 0 Å². The van der Waals surface area contributed by atoms with Crippen molar-refractivity contribution < 1.29 is 8.42 Å². The monoisotopic (exact) mass is 151 g/mol. The summed E-state index contributed by atoms with van der Waals surface area (Å²) >= 11 is 0. The lowest BCUT2D eigenvalue weighted by atomic mass is 10.3. The molecule has 0 saturated heterocycles. The summed E-state index contributed by atoms with van der Waals surface area (Å²) in [6, 6.07) is 0. The molecular weight excluding hydrogens is 138 g/mol. The maximum absolute atomic E-state index is 10.6. The van der Waals surface area contributed by atoms with Crippen LogP contribution in [0.4, 0.5) is 0 Å². The van der Waals surface area contributed by atoms with Gasteiger partial charge in [0.05, 0.1) is 0 Å². The molecule has 0 aliphatic carbocycles. The van der Waals surface area contributed by atoms with Gasteiger partial charge in [-0.2, -0.15) is 0 Å². The first kappa shape index (κ1) is 8.91. The van der Waals surface area contributed by atoms with E-state index in [9.17, 15) is 8.42 Å². The predicted molar refractivity (Wildman–Crippen MR) is 37.7 cm³/mol. The average molecular weight is 151 g/mol. The van der Waals surface area contributed by atoms with Gasteiger partial charge in [-0.05, 0) is 6.42 Å². The predicted octanol–water partition coefficient (Wildman–Crippen LogP) is 0.116. The van der Waals surface area contributed by atoms with Crippen LogP contribution in [0.5, 0.6) is 0 Å². The molecule has 0 aliphatic heterocycles. The van der Waals surface area contributed by atoms with Gasteiger partial charge in [0.1, 0.15) is 5.37 Å². The van der Waals surface area contributed by atoms with Gasteiger partial charge in [-0.3, -0.25) is 0 Å². The van der Waals surface area contributed by atoms with Crippen LogP contribution in [0, 0.1) is 0 Å². The number of hydrogen-bond donors (Lipinski definition) is 1. The fourth-order valence-electron chi connectivity index (χ4n) is 0.499. The Kier molecular flexibility index (Phi) is 3.14. The molecule has 0 radical (unpaired) electrons. The molecule has 3 nitrogen and oxygen atoms in total. The summed E-state index contributed by atoms with van der Waals surface area (Å²) in [4.78, 5) is 0. The van der Waals surface area contributed by atoms with E-state index >= 15 is 0 Å². The summed E-state index contributed by atoms with van der Waals surface area (Å²) in [6.07, 6.45) is 2.53. The maximum atomic E-state index is 10.6. The van der Waals surface area contributed by atoms with E-state index in [0.29, 0.717) is 6.42 Å². The Labute approximate surface area is 56.2 Å². The number of sulfone groups is 1. The molecule has 0 aromatic rings. The van der Waals surface area contributed by atoms with Gasteiger partial charge in [-0.1, -0.05) is 13.3 Å². The second-order valence-electron chi connectivity index (χ2n) is 2.16. The Hall–Kier alpha value is -0.0900. The first-order valence-corrected chi connectivity index (χ1v) is 4.88. The summed E-state index contributed by atoms with van der Waals surface area (Å²) in [5.41, 5.74) is 5.27. The fraction of sp³-hybridized carbons (Fsp3) is 1.00. The molecule has 0 amide bonds. The van der Waals surface area contributed by atoms with Crippen molar-refractivity contribution in [3.63, 3.8) is 0 Å². The zero-order valence-corrected chi connectivity index (χ0v) is 6.61. The summed E-state index contributed by atoms with van der Waals surface area (Å²) in [6.45, 7) is 1.91. The lowest BCUT2D eigenvalue weighted by Gasteiger charge is -2.05. The lowest BCUT2D eigenvalue weighted by molar-refractivity contribution is 0.578. The standard InChI is InChI=1S/C5H13NO2S/c1-3-4-5(6)9(2,7)8/h5H,3-4,6H2,1-2H3. The van der Waals surface area contributed by atoms with Crippen molar-refractivity contribution in [3.8, 4) is 0 Å².